The quantitative estimate of drug-likeness (QED) is 0.332. The van der Waals surface area contributed by atoms with E-state index < -0.39 is 9.76 Å². The number of rotatable bonds is 2. The SMILES string of the molecule is CC1=C(C(=O)OCC(Cl)(Cl)Cl)N2C(=O)C[C@H]2SS1. The molecule has 2 rings (SSSR count). The molecule has 1 saturated heterocycles. The van der Waals surface area contributed by atoms with E-state index in [9.17, 15) is 9.59 Å². The molecule has 1 atom stereocenters. The van der Waals surface area contributed by atoms with Crippen LogP contribution in [0.25, 0.3) is 0 Å². The zero-order valence-corrected chi connectivity index (χ0v) is 13.0. The van der Waals surface area contributed by atoms with Gasteiger partial charge >= 0.3 is 5.97 Å². The Labute approximate surface area is 127 Å². The van der Waals surface area contributed by atoms with Gasteiger partial charge in [-0.2, -0.15) is 0 Å². The molecular formula is C9H8Cl3NO3S2. The fourth-order valence-corrected chi connectivity index (χ4v) is 4.19. The summed E-state index contributed by atoms with van der Waals surface area (Å²) in [6.45, 7) is 1.41. The molecule has 0 aromatic heterocycles. The lowest BCUT2D eigenvalue weighted by atomic mass is 10.1. The van der Waals surface area contributed by atoms with E-state index in [4.69, 9.17) is 39.5 Å². The van der Waals surface area contributed by atoms with Gasteiger partial charge in [-0.05, 0) is 6.92 Å². The highest BCUT2D eigenvalue weighted by atomic mass is 35.6. The minimum atomic E-state index is -1.65. The van der Waals surface area contributed by atoms with Crippen molar-refractivity contribution >= 4 is 68.3 Å². The van der Waals surface area contributed by atoms with Gasteiger partial charge in [0, 0.05) is 4.91 Å². The molecule has 0 aliphatic carbocycles. The Kier molecular flexibility index (Phi) is 4.33. The van der Waals surface area contributed by atoms with Crippen LogP contribution in [0.4, 0.5) is 0 Å². The molecule has 0 unspecified atom stereocenters. The van der Waals surface area contributed by atoms with E-state index in [1.807, 2.05) is 0 Å². The summed E-state index contributed by atoms with van der Waals surface area (Å²) in [6, 6.07) is 0. The molecule has 0 radical (unpaired) electrons. The molecule has 0 aromatic carbocycles. The number of carbonyl (C=O) groups excluding carboxylic acids is 2. The van der Waals surface area contributed by atoms with Gasteiger partial charge in [-0.3, -0.25) is 9.69 Å². The largest absolute Gasteiger partial charge is 0.456 e. The van der Waals surface area contributed by atoms with Crippen LogP contribution in [-0.2, 0) is 14.3 Å². The molecule has 0 N–H and O–H groups in total. The monoisotopic (exact) mass is 347 g/mol. The number of ether oxygens (including phenoxy) is 1. The van der Waals surface area contributed by atoms with Crippen LogP contribution in [0.15, 0.2) is 10.6 Å². The van der Waals surface area contributed by atoms with Gasteiger partial charge in [-0.1, -0.05) is 56.4 Å². The van der Waals surface area contributed by atoms with E-state index in [1.165, 1.54) is 15.7 Å². The molecule has 1 amide bonds. The molecule has 9 heteroatoms. The van der Waals surface area contributed by atoms with Gasteiger partial charge in [0.2, 0.25) is 9.70 Å². The highest BCUT2D eigenvalue weighted by Crippen LogP contribution is 2.49. The minimum Gasteiger partial charge on any atom is -0.456 e. The van der Waals surface area contributed by atoms with Crippen molar-refractivity contribution in [2.45, 2.75) is 22.5 Å². The highest BCUT2D eigenvalue weighted by Gasteiger charge is 2.45. The topological polar surface area (TPSA) is 46.6 Å². The molecule has 0 aromatic rings. The summed E-state index contributed by atoms with van der Waals surface area (Å²) in [6.07, 6.45) is 0.437. The molecule has 0 bridgehead atoms. The first-order chi connectivity index (χ1) is 8.29. The zero-order valence-electron chi connectivity index (χ0n) is 9.11. The molecule has 1 fully saturated rings. The summed E-state index contributed by atoms with van der Waals surface area (Å²) in [4.78, 5) is 25.6. The minimum absolute atomic E-state index is 0.00140. The number of amides is 1. The molecular weight excluding hydrogens is 341 g/mol. The number of nitrogens with zero attached hydrogens (tertiary/aromatic N) is 1. The van der Waals surface area contributed by atoms with Crippen molar-refractivity contribution in [1.82, 2.24) is 4.90 Å². The molecule has 4 nitrogen and oxygen atoms in total. The molecule has 0 saturated carbocycles. The number of β-lactam (4-membered cyclic amide) rings is 1. The van der Waals surface area contributed by atoms with Crippen molar-refractivity contribution in [3.05, 3.63) is 10.6 Å². The van der Waals surface area contributed by atoms with E-state index >= 15 is 0 Å². The van der Waals surface area contributed by atoms with Crippen molar-refractivity contribution in [1.29, 1.82) is 0 Å². The smallest absolute Gasteiger partial charge is 0.356 e. The lowest BCUT2D eigenvalue weighted by Crippen LogP contribution is -2.52. The summed E-state index contributed by atoms with van der Waals surface area (Å²) >= 11 is 16.5. The second-order valence-corrected chi connectivity index (χ2v) is 8.81. The normalized spacial score (nSPS) is 23.7. The lowest BCUT2D eigenvalue weighted by Gasteiger charge is -2.43. The second-order valence-electron chi connectivity index (χ2n) is 3.70. The number of esters is 1. The Morgan fingerprint density at radius 3 is 2.78 bits per heavy atom. The summed E-state index contributed by atoms with van der Waals surface area (Å²) in [5, 5.41) is 0.00140. The van der Waals surface area contributed by atoms with E-state index in [-0.39, 0.29) is 23.6 Å². The average molecular weight is 349 g/mol. The maximum absolute atomic E-state index is 11.9. The van der Waals surface area contributed by atoms with Gasteiger partial charge in [0.25, 0.3) is 0 Å². The number of fused-ring (bicyclic) bond motifs is 1. The summed E-state index contributed by atoms with van der Waals surface area (Å²) in [5.41, 5.74) is 0.259. The maximum Gasteiger partial charge on any atom is 0.356 e. The first-order valence-corrected chi connectivity index (χ1v) is 8.24. The fraction of sp³-hybridized carbons (Fsp3) is 0.556. The number of alkyl halides is 3. The Hall–Kier alpha value is 0.250. The average Bonchev–Trinajstić information content (AvgIpc) is 2.25. The Balaban J connectivity index is 2.10. The van der Waals surface area contributed by atoms with Crippen LogP contribution in [0.5, 0.6) is 0 Å². The molecule has 100 valence electrons. The van der Waals surface area contributed by atoms with Crippen LogP contribution in [0.1, 0.15) is 13.3 Å². The summed E-state index contributed by atoms with van der Waals surface area (Å²) in [5.74, 6) is -0.724. The van der Waals surface area contributed by atoms with Crippen LogP contribution in [0, 0.1) is 0 Å². The number of halogens is 3. The second kappa shape index (κ2) is 5.32. The van der Waals surface area contributed by atoms with Crippen molar-refractivity contribution < 1.29 is 14.3 Å². The number of hydrogen-bond donors (Lipinski definition) is 0. The fourth-order valence-electron chi connectivity index (χ4n) is 1.53. The number of carbonyl (C=O) groups is 2. The van der Waals surface area contributed by atoms with Crippen LogP contribution in [-0.4, -0.2) is 32.5 Å². The van der Waals surface area contributed by atoms with Crippen LogP contribution < -0.4 is 0 Å². The standard InChI is InChI=1S/C9H8Cl3NO3S2/c1-4-7(8(15)16-3-9(10,11)12)13-5(14)2-6(13)18-17-4/h6H,2-3H2,1H3/t6-/m1/s1. The van der Waals surface area contributed by atoms with Crippen molar-refractivity contribution in [3.8, 4) is 0 Å². The maximum atomic E-state index is 11.9. The first kappa shape index (κ1) is 14.7. The third kappa shape index (κ3) is 3.04. The molecule has 2 heterocycles. The van der Waals surface area contributed by atoms with E-state index in [0.717, 1.165) is 4.91 Å². The van der Waals surface area contributed by atoms with Crippen LogP contribution >= 0.6 is 56.4 Å². The predicted molar refractivity (Wildman–Crippen MR) is 74.4 cm³/mol. The molecule has 0 spiro atoms. The summed E-state index contributed by atoms with van der Waals surface area (Å²) < 4.78 is 3.25. The van der Waals surface area contributed by atoms with E-state index in [2.05, 4.69) is 0 Å². The summed E-state index contributed by atoms with van der Waals surface area (Å²) in [7, 11) is 3.00. The van der Waals surface area contributed by atoms with Gasteiger partial charge < -0.3 is 4.74 Å². The van der Waals surface area contributed by atoms with E-state index in [1.54, 1.807) is 17.7 Å². The van der Waals surface area contributed by atoms with Crippen molar-refractivity contribution in [3.63, 3.8) is 0 Å². The predicted octanol–water partition coefficient (Wildman–Crippen LogP) is 3.08. The van der Waals surface area contributed by atoms with Gasteiger partial charge in [0.05, 0.1) is 6.42 Å². The van der Waals surface area contributed by atoms with Gasteiger partial charge in [-0.15, -0.1) is 0 Å². The van der Waals surface area contributed by atoms with Crippen molar-refractivity contribution in [2.24, 2.45) is 0 Å². The van der Waals surface area contributed by atoms with Crippen LogP contribution in [0.3, 0.4) is 0 Å². The molecule has 2 aliphatic rings. The van der Waals surface area contributed by atoms with Crippen molar-refractivity contribution in [2.75, 3.05) is 6.61 Å². The third-order valence-electron chi connectivity index (χ3n) is 2.32. The van der Waals surface area contributed by atoms with Gasteiger partial charge in [-0.25, -0.2) is 4.79 Å². The first-order valence-electron chi connectivity index (χ1n) is 4.90. The lowest BCUT2D eigenvalue weighted by molar-refractivity contribution is -0.149. The molecule has 18 heavy (non-hydrogen) atoms. The Morgan fingerprint density at radius 1 is 1.56 bits per heavy atom. The van der Waals surface area contributed by atoms with E-state index in [0.29, 0.717) is 6.42 Å². The zero-order chi connectivity index (χ0) is 13.5. The Bertz CT molecular complexity index is 435. The van der Waals surface area contributed by atoms with Crippen LogP contribution in [0.2, 0.25) is 0 Å². The van der Waals surface area contributed by atoms with Gasteiger partial charge in [0.15, 0.2) is 0 Å². The third-order valence-corrected chi connectivity index (χ3v) is 5.50. The number of allylic oxidation sites excluding steroid dienone is 1. The Morgan fingerprint density at radius 2 is 2.22 bits per heavy atom. The van der Waals surface area contributed by atoms with Gasteiger partial charge in [0.1, 0.15) is 17.7 Å². The highest BCUT2D eigenvalue weighted by molar-refractivity contribution is 8.78. The number of hydrogen-bond acceptors (Lipinski definition) is 5. The molecule has 2 aliphatic heterocycles.